The number of benzene rings is 1. The summed E-state index contributed by atoms with van der Waals surface area (Å²) in [7, 11) is 1.65. The Morgan fingerprint density at radius 2 is 1.80 bits per heavy atom. The zero-order valence-electron chi connectivity index (χ0n) is 11.0. The van der Waals surface area contributed by atoms with Crippen molar-refractivity contribution in [2.45, 2.75) is 6.92 Å². The maximum absolute atomic E-state index is 12.5. The van der Waals surface area contributed by atoms with Crippen LogP contribution in [-0.4, -0.2) is 14.3 Å². The lowest BCUT2D eigenvalue weighted by Gasteiger charge is -2.01. The Morgan fingerprint density at radius 1 is 1.15 bits per heavy atom. The van der Waals surface area contributed by atoms with Crippen LogP contribution in [-0.2, 0) is 7.05 Å². The molecule has 0 aliphatic carbocycles. The van der Waals surface area contributed by atoms with Crippen molar-refractivity contribution >= 4 is 22.5 Å². The number of aromatic nitrogens is 3. The Labute approximate surface area is 119 Å². The summed E-state index contributed by atoms with van der Waals surface area (Å²) in [6, 6.07) is 8.33. The Bertz CT molecular complexity index is 916. The monoisotopic (exact) mass is 289 g/mol. The number of aryl methyl sites for hydroxylation is 1. The molecule has 1 N–H and O–H groups in total. The van der Waals surface area contributed by atoms with E-state index >= 15 is 0 Å². The molecule has 0 fully saturated rings. The van der Waals surface area contributed by atoms with Gasteiger partial charge in [-0.05, 0) is 31.2 Å². The molecule has 5 nitrogen and oxygen atoms in total. The van der Waals surface area contributed by atoms with Gasteiger partial charge >= 0.3 is 0 Å². The topological polar surface area (TPSA) is 59.8 Å². The molecule has 0 saturated heterocycles. The van der Waals surface area contributed by atoms with Gasteiger partial charge in [-0.15, -0.1) is 0 Å². The zero-order valence-corrected chi connectivity index (χ0v) is 11.7. The first kappa shape index (κ1) is 12.7. The fourth-order valence-corrected chi connectivity index (χ4v) is 2.36. The molecule has 0 radical (unpaired) electrons. The standard InChI is InChI=1S/C14H12ClN3O2/c1-8-13-11(7-12(19)17(8)2)16-18(14(13)20)10-5-3-9(15)4-6-10/h3-7,16H,1-2H3. The molecule has 102 valence electrons. The fourth-order valence-electron chi connectivity index (χ4n) is 2.23. The number of pyridine rings is 1. The molecule has 0 aliphatic rings. The van der Waals surface area contributed by atoms with E-state index in [1.807, 2.05) is 0 Å². The number of H-pyrrole nitrogens is 1. The molecule has 0 aliphatic heterocycles. The van der Waals surface area contributed by atoms with Gasteiger partial charge in [-0.2, -0.15) is 0 Å². The Morgan fingerprint density at radius 3 is 2.45 bits per heavy atom. The summed E-state index contributed by atoms with van der Waals surface area (Å²) in [5, 5.41) is 4.07. The first-order valence-electron chi connectivity index (χ1n) is 6.06. The SMILES string of the molecule is Cc1c2c(=O)n(-c3ccc(Cl)cc3)[nH]c2cc(=O)n1C. The number of rotatable bonds is 1. The second kappa shape index (κ2) is 4.38. The maximum Gasteiger partial charge on any atom is 0.280 e. The van der Waals surface area contributed by atoms with Crippen molar-refractivity contribution in [1.82, 2.24) is 14.3 Å². The quantitative estimate of drug-likeness (QED) is 0.745. The van der Waals surface area contributed by atoms with Crippen LogP contribution < -0.4 is 11.1 Å². The number of nitrogens with one attached hydrogen (secondary N) is 1. The molecular weight excluding hydrogens is 278 g/mol. The molecule has 20 heavy (non-hydrogen) atoms. The summed E-state index contributed by atoms with van der Waals surface area (Å²) >= 11 is 5.84. The van der Waals surface area contributed by atoms with Crippen LogP contribution in [0.25, 0.3) is 16.6 Å². The summed E-state index contributed by atoms with van der Waals surface area (Å²) in [5.74, 6) is 0. The minimum Gasteiger partial charge on any atom is -0.315 e. The van der Waals surface area contributed by atoms with Crippen LogP contribution in [0, 0.1) is 6.92 Å². The van der Waals surface area contributed by atoms with Crippen molar-refractivity contribution in [3.05, 3.63) is 61.8 Å². The van der Waals surface area contributed by atoms with E-state index in [4.69, 9.17) is 11.6 Å². The molecule has 0 amide bonds. The zero-order chi connectivity index (χ0) is 14.4. The van der Waals surface area contributed by atoms with Gasteiger partial charge in [-0.25, -0.2) is 4.68 Å². The minimum atomic E-state index is -0.185. The van der Waals surface area contributed by atoms with Crippen LogP contribution in [0.5, 0.6) is 0 Å². The van der Waals surface area contributed by atoms with Crippen molar-refractivity contribution in [2.24, 2.45) is 7.05 Å². The summed E-state index contributed by atoms with van der Waals surface area (Å²) in [5.41, 5.74) is 1.51. The van der Waals surface area contributed by atoms with E-state index in [1.165, 1.54) is 15.3 Å². The molecule has 2 aromatic heterocycles. The molecule has 3 rings (SSSR count). The molecule has 0 spiro atoms. The summed E-state index contributed by atoms with van der Waals surface area (Å²) < 4.78 is 2.87. The molecular formula is C14H12ClN3O2. The lowest BCUT2D eigenvalue weighted by Crippen LogP contribution is -2.20. The average Bonchev–Trinajstić information content (AvgIpc) is 2.74. The highest BCUT2D eigenvalue weighted by molar-refractivity contribution is 6.30. The maximum atomic E-state index is 12.5. The van der Waals surface area contributed by atoms with Gasteiger partial charge in [-0.3, -0.25) is 14.7 Å². The number of hydrogen-bond acceptors (Lipinski definition) is 2. The van der Waals surface area contributed by atoms with E-state index in [0.29, 0.717) is 27.3 Å². The predicted octanol–water partition coefficient (Wildman–Crippen LogP) is 1.98. The van der Waals surface area contributed by atoms with Crippen LogP contribution in [0.2, 0.25) is 5.02 Å². The third-order valence-electron chi connectivity index (χ3n) is 3.47. The van der Waals surface area contributed by atoms with Crippen LogP contribution in [0.15, 0.2) is 39.9 Å². The predicted molar refractivity (Wildman–Crippen MR) is 78.9 cm³/mol. The minimum absolute atomic E-state index is 0.153. The first-order chi connectivity index (χ1) is 9.49. The number of nitrogens with zero attached hydrogens (tertiary/aromatic N) is 2. The van der Waals surface area contributed by atoms with Gasteiger partial charge in [0.15, 0.2) is 0 Å². The molecule has 6 heteroatoms. The van der Waals surface area contributed by atoms with Gasteiger partial charge in [-0.1, -0.05) is 11.6 Å². The number of halogens is 1. The van der Waals surface area contributed by atoms with Crippen molar-refractivity contribution < 1.29 is 0 Å². The third-order valence-corrected chi connectivity index (χ3v) is 3.72. The Balaban J connectivity index is 2.37. The Kier molecular flexibility index (Phi) is 2.79. The van der Waals surface area contributed by atoms with Crippen LogP contribution >= 0.6 is 11.6 Å². The summed E-state index contributed by atoms with van der Waals surface area (Å²) in [4.78, 5) is 24.3. The van der Waals surface area contributed by atoms with Gasteiger partial charge in [0.05, 0.1) is 16.6 Å². The summed E-state index contributed by atoms with van der Waals surface area (Å²) in [6.45, 7) is 1.76. The lowest BCUT2D eigenvalue weighted by molar-refractivity contribution is 0.830. The summed E-state index contributed by atoms with van der Waals surface area (Å²) in [6.07, 6.45) is 0. The second-order valence-corrected chi connectivity index (χ2v) is 5.08. The first-order valence-corrected chi connectivity index (χ1v) is 6.44. The van der Waals surface area contributed by atoms with Crippen molar-refractivity contribution in [3.8, 4) is 5.69 Å². The highest BCUT2D eigenvalue weighted by Crippen LogP contribution is 2.15. The van der Waals surface area contributed by atoms with E-state index in [0.717, 1.165) is 0 Å². The average molecular weight is 290 g/mol. The number of fused-ring (bicyclic) bond motifs is 1. The Hall–Kier alpha value is -2.27. The third kappa shape index (κ3) is 1.78. The smallest absolute Gasteiger partial charge is 0.280 e. The lowest BCUT2D eigenvalue weighted by atomic mass is 10.2. The van der Waals surface area contributed by atoms with Crippen molar-refractivity contribution in [1.29, 1.82) is 0 Å². The molecule has 1 aromatic carbocycles. The fraction of sp³-hybridized carbons (Fsp3) is 0.143. The van der Waals surface area contributed by atoms with Gasteiger partial charge in [0.2, 0.25) is 0 Å². The van der Waals surface area contributed by atoms with Crippen LogP contribution in [0.1, 0.15) is 5.69 Å². The van der Waals surface area contributed by atoms with Gasteiger partial charge in [0.1, 0.15) is 0 Å². The van der Waals surface area contributed by atoms with Crippen molar-refractivity contribution in [3.63, 3.8) is 0 Å². The van der Waals surface area contributed by atoms with Gasteiger partial charge in [0, 0.05) is 23.8 Å². The van der Waals surface area contributed by atoms with E-state index in [1.54, 1.807) is 38.2 Å². The van der Waals surface area contributed by atoms with E-state index < -0.39 is 0 Å². The van der Waals surface area contributed by atoms with Gasteiger partial charge < -0.3 is 4.57 Å². The normalized spacial score (nSPS) is 11.2. The molecule has 2 heterocycles. The van der Waals surface area contributed by atoms with E-state index in [2.05, 4.69) is 5.10 Å². The highest BCUT2D eigenvalue weighted by atomic mass is 35.5. The molecule has 0 saturated carbocycles. The van der Waals surface area contributed by atoms with E-state index in [9.17, 15) is 9.59 Å². The molecule has 0 unspecified atom stereocenters. The van der Waals surface area contributed by atoms with E-state index in [-0.39, 0.29) is 11.1 Å². The van der Waals surface area contributed by atoms with Crippen LogP contribution in [0.3, 0.4) is 0 Å². The highest BCUT2D eigenvalue weighted by Gasteiger charge is 2.13. The molecule has 3 aromatic rings. The molecule has 0 bridgehead atoms. The number of hydrogen-bond donors (Lipinski definition) is 1. The second-order valence-electron chi connectivity index (χ2n) is 4.64. The molecule has 0 atom stereocenters. The number of aromatic amines is 1. The van der Waals surface area contributed by atoms with Crippen LogP contribution in [0.4, 0.5) is 0 Å². The van der Waals surface area contributed by atoms with Crippen molar-refractivity contribution in [2.75, 3.05) is 0 Å². The largest absolute Gasteiger partial charge is 0.315 e. The van der Waals surface area contributed by atoms with Gasteiger partial charge in [0.25, 0.3) is 11.1 Å².